The second-order valence-corrected chi connectivity index (χ2v) is 13.3. The van der Waals surface area contributed by atoms with Crippen LogP contribution in [-0.2, 0) is 18.3 Å². The molecule has 5 heteroatoms. The Labute approximate surface area is 275 Å². The van der Waals surface area contributed by atoms with Gasteiger partial charge in [0.2, 0.25) is 5.96 Å². The number of aryl methyl sites for hydroxylation is 1. The van der Waals surface area contributed by atoms with Gasteiger partial charge in [-0.05, 0) is 59.2 Å². The van der Waals surface area contributed by atoms with E-state index in [1.54, 1.807) is 0 Å². The molecule has 4 aromatic carbocycles. The minimum atomic E-state index is -0.457. The highest BCUT2D eigenvalue weighted by atomic mass is 16.3. The van der Waals surface area contributed by atoms with Crippen molar-refractivity contribution < 1.29 is 4.42 Å². The van der Waals surface area contributed by atoms with Crippen molar-refractivity contribution in [2.75, 3.05) is 11.4 Å². The zero-order chi connectivity index (χ0) is 31.5. The summed E-state index contributed by atoms with van der Waals surface area (Å²) in [4.78, 5) is 13.1. The Morgan fingerprint density at radius 3 is 2.55 bits per heavy atom. The third-order valence-electron chi connectivity index (χ3n) is 10.2. The maximum Gasteiger partial charge on any atom is 0.207 e. The van der Waals surface area contributed by atoms with E-state index < -0.39 is 6.17 Å². The predicted octanol–water partition coefficient (Wildman–Crippen LogP) is 8.86. The minimum absolute atomic E-state index is 0.145. The van der Waals surface area contributed by atoms with E-state index in [9.17, 15) is 0 Å². The Bertz CT molecular complexity index is 2210. The Hall–Kier alpha value is -5.42. The molecule has 4 aliphatic rings. The van der Waals surface area contributed by atoms with E-state index in [0.29, 0.717) is 6.54 Å². The molecule has 0 radical (unpaired) electrons. The van der Waals surface area contributed by atoms with Crippen LogP contribution in [0.25, 0.3) is 22.1 Å². The molecule has 2 aliphatic heterocycles. The molecule has 0 fully saturated rings. The molecule has 5 nitrogen and oxygen atoms in total. The minimum Gasteiger partial charge on any atom is -0.456 e. The van der Waals surface area contributed by atoms with Crippen LogP contribution in [0, 0.1) is 0 Å². The third kappa shape index (κ3) is 4.52. The Balaban J connectivity index is 1.22. The molecule has 0 spiro atoms. The molecule has 230 valence electrons. The maximum atomic E-state index is 6.55. The van der Waals surface area contributed by atoms with Crippen molar-refractivity contribution in [3.63, 3.8) is 0 Å². The van der Waals surface area contributed by atoms with Gasteiger partial charge < -0.3 is 14.6 Å². The number of hydrogen-bond donors (Lipinski definition) is 1. The normalized spacial score (nSPS) is 20.3. The van der Waals surface area contributed by atoms with Crippen LogP contribution in [0.4, 0.5) is 5.69 Å². The summed E-state index contributed by atoms with van der Waals surface area (Å²) in [6.07, 6.45) is 9.19. The van der Waals surface area contributed by atoms with Crippen LogP contribution in [0.1, 0.15) is 53.8 Å². The van der Waals surface area contributed by atoms with Crippen molar-refractivity contribution in [3.05, 3.63) is 161 Å². The van der Waals surface area contributed by atoms with E-state index in [1.807, 2.05) is 12.1 Å². The van der Waals surface area contributed by atoms with Crippen LogP contribution in [0.15, 0.2) is 141 Å². The average Bonchev–Trinajstić information content (AvgIpc) is 3.62. The molecule has 3 heterocycles. The Morgan fingerprint density at radius 2 is 1.64 bits per heavy atom. The van der Waals surface area contributed by atoms with Gasteiger partial charge in [0.1, 0.15) is 17.2 Å². The van der Waals surface area contributed by atoms with E-state index in [1.165, 1.54) is 38.8 Å². The molecule has 0 amide bonds. The number of hydrogen-bond acceptors (Lipinski definition) is 5. The highest BCUT2D eigenvalue weighted by Crippen LogP contribution is 2.48. The first-order valence-electron chi connectivity index (χ1n) is 16.6. The standard InChI is InChI=1S/C42H36N4O/c1-42(2)34-23-9-7-18-29(34)30-20-12-17-27-14-6-10-24-36(27)46(26-35(30)42)41-44-39(28-15-4-3-5-16-28)43-40(45-41)33-22-13-21-32-31-19-8-11-25-37(31)47-38(32)33/h3-12,14-16,18-20,22-25,40H,13,17,21,26H2,1-2H3,(H,43,44,45)/b20-12-. The first-order valence-corrected chi connectivity index (χ1v) is 16.6. The zero-order valence-corrected chi connectivity index (χ0v) is 26.7. The number of amidine groups is 1. The van der Waals surface area contributed by atoms with E-state index in [2.05, 4.69) is 133 Å². The number of nitrogens with one attached hydrogen (secondary N) is 1. The molecule has 0 saturated heterocycles. The van der Waals surface area contributed by atoms with Gasteiger partial charge in [-0.1, -0.05) is 123 Å². The molecule has 1 N–H and O–H groups in total. The number of anilines is 1. The molecule has 47 heavy (non-hydrogen) atoms. The van der Waals surface area contributed by atoms with Crippen molar-refractivity contribution in [1.82, 2.24) is 5.32 Å². The first-order chi connectivity index (χ1) is 23.1. The molecule has 0 saturated carbocycles. The van der Waals surface area contributed by atoms with Gasteiger partial charge in [-0.3, -0.25) is 0 Å². The van der Waals surface area contributed by atoms with Crippen molar-refractivity contribution in [1.29, 1.82) is 0 Å². The zero-order valence-electron chi connectivity index (χ0n) is 26.7. The lowest BCUT2D eigenvalue weighted by atomic mass is 9.81. The number of guanidine groups is 1. The van der Waals surface area contributed by atoms with Crippen LogP contribution < -0.4 is 10.2 Å². The summed E-state index contributed by atoms with van der Waals surface area (Å²) in [6.45, 7) is 5.40. The lowest BCUT2D eigenvalue weighted by Crippen LogP contribution is -2.49. The highest BCUT2D eigenvalue weighted by molar-refractivity contribution is 6.15. The van der Waals surface area contributed by atoms with Crippen LogP contribution in [0.5, 0.6) is 0 Å². The highest BCUT2D eigenvalue weighted by Gasteiger charge is 2.39. The number of para-hydroxylation sites is 2. The first kappa shape index (κ1) is 27.9. The molecule has 1 aromatic heterocycles. The molecule has 2 aliphatic carbocycles. The molecule has 1 unspecified atom stereocenters. The lowest BCUT2D eigenvalue weighted by molar-refractivity contribution is 0.581. The average molecular weight is 613 g/mol. The van der Waals surface area contributed by atoms with E-state index in [4.69, 9.17) is 14.4 Å². The van der Waals surface area contributed by atoms with Gasteiger partial charge in [-0.25, -0.2) is 9.98 Å². The van der Waals surface area contributed by atoms with Crippen molar-refractivity contribution in [2.24, 2.45) is 9.98 Å². The smallest absolute Gasteiger partial charge is 0.207 e. The van der Waals surface area contributed by atoms with Crippen LogP contribution in [-0.4, -0.2) is 24.5 Å². The van der Waals surface area contributed by atoms with Crippen LogP contribution >= 0.6 is 0 Å². The van der Waals surface area contributed by atoms with Gasteiger partial charge in [0.15, 0.2) is 6.17 Å². The quantitative estimate of drug-likeness (QED) is 0.217. The van der Waals surface area contributed by atoms with Gasteiger partial charge in [0, 0.05) is 39.7 Å². The van der Waals surface area contributed by atoms with Crippen LogP contribution in [0.2, 0.25) is 0 Å². The summed E-state index contributed by atoms with van der Waals surface area (Å²) in [5, 5.41) is 4.90. The third-order valence-corrected chi connectivity index (χ3v) is 10.2. The number of benzene rings is 4. The summed E-state index contributed by atoms with van der Waals surface area (Å²) >= 11 is 0. The summed E-state index contributed by atoms with van der Waals surface area (Å²) < 4.78 is 6.55. The van der Waals surface area contributed by atoms with Crippen molar-refractivity contribution in [3.8, 4) is 0 Å². The SMILES string of the molecule is CC1(C)C2=C(/C=C\Cc3ccccc3N(C3=NC(C4=CCCc5c4oc4ccccc54)N=C(c4ccccc4)N3)C2)c2ccccc21. The topological polar surface area (TPSA) is 53.1 Å². The summed E-state index contributed by atoms with van der Waals surface area (Å²) in [7, 11) is 0. The van der Waals surface area contributed by atoms with Crippen LogP contribution in [0.3, 0.4) is 0 Å². The fraction of sp³-hybridized carbons (Fsp3) is 0.190. The van der Waals surface area contributed by atoms with Gasteiger partial charge in [-0.2, -0.15) is 0 Å². The monoisotopic (exact) mass is 612 g/mol. The largest absolute Gasteiger partial charge is 0.456 e. The molecular formula is C42H36N4O. The number of rotatable bonds is 2. The van der Waals surface area contributed by atoms with Gasteiger partial charge in [0.25, 0.3) is 0 Å². The van der Waals surface area contributed by atoms with E-state index >= 15 is 0 Å². The fourth-order valence-corrected chi connectivity index (χ4v) is 7.80. The second-order valence-electron chi connectivity index (χ2n) is 13.3. The number of allylic oxidation sites excluding steroid dienone is 4. The Morgan fingerprint density at radius 1 is 0.851 bits per heavy atom. The van der Waals surface area contributed by atoms with E-state index in [0.717, 1.165) is 59.2 Å². The van der Waals surface area contributed by atoms with Crippen molar-refractivity contribution >= 4 is 39.6 Å². The fourth-order valence-electron chi connectivity index (χ4n) is 7.80. The number of fused-ring (bicyclic) bond motifs is 6. The van der Waals surface area contributed by atoms with Gasteiger partial charge in [-0.15, -0.1) is 0 Å². The summed E-state index contributed by atoms with van der Waals surface area (Å²) in [6, 6.07) is 36.3. The maximum absolute atomic E-state index is 6.55. The van der Waals surface area contributed by atoms with Gasteiger partial charge in [0.05, 0.1) is 0 Å². The molecule has 0 bridgehead atoms. The molecule has 9 rings (SSSR count). The summed E-state index contributed by atoms with van der Waals surface area (Å²) in [5.41, 5.74) is 11.9. The number of furan rings is 1. The van der Waals surface area contributed by atoms with Crippen molar-refractivity contribution in [2.45, 2.75) is 44.7 Å². The Kier molecular flexibility index (Phi) is 6.42. The van der Waals surface area contributed by atoms with Gasteiger partial charge >= 0.3 is 0 Å². The number of nitrogens with zero attached hydrogens (tertiary/aromatic N) is 3. The number of aliphatic imine (C=N–C) groups is 2. The molecule has 1 atom stereocenters. The predicted molar refractivity (Wildman–Crippen MR) is 193 cm³/mol. The lowest BCUT2D eigenvalue weighted by Gasteiger charge is -2.35. The summed E-state index contributed by atoms with van der Waals surface area (Å²) in [5.74, 6) is 2.51. The second kappa shape index (κ2) is 10.8. The molecular weight excluding hydrogens is 576 g/mol. The molecule has 5 aromatic rings. The van der Waals surface area contributed by atoms with E-state index in [-0.39, 0.29) is 5.41 Å².